The molecule has 2 saturated carbocycles. The predicted octanol–water partition coefficient (Wildman–Crippen LogP) is 1.85. The molecule has 1 heterocycles. The molecule has 1 spiro atoms. The maximum atomic E-state index is 10.6. The fraction of sp³-hybridized carbons (Fsp3) is 1.00. The Labute approximate surface area is 151 Å². The Balaban J connectivity index is 2.02. The van der Waals surface area contributed by atoms with Gasteiger partial charge in [-0.15, -0.1) is 0 Å². The molecule has 0 aromatic carbocycles. The molecule has 5 nitrogen and oxygen atoms in total. The first-order valence-electron chi connectivity index (χ1n) is 9.94. The van der Waals surface area contributed by atoms with Crippen LogP contribution in [0.15, 0.2) is 0 Å². The third kappa shape index (κ3) is 2.53. The van der Waals surface area contributed by atoms with Gasteiger partial charge in [-0.2, -0.15) is 0 Å². The van der Waals surface area contributed by atoms with Crippen LogP contribution in [-0.2, 0) is 4.74 Å². The van der Waals surface area contributed by atoms with Crippen molar-refractivity contribution in [1.29, 1.82) is 0 Å². The number of hydrogen-bond acceptors (Lipinski definition) is 5. The van der Waals surface area contributed by atoms with Crippen LogP contribution in [0.5, 0.6) is 0 Å². The zero-order valence-corrected chi connectivity index (χ0v) is 16.0. The van der Waals surface area contributed by atoms with Crippen molar-refractivity contribution in [3.63, 3.8) is 0 Å². The summed E-state index contributed by atoms with van der Waals surface area (Å²) in [7, 11) is 0. The summed E-state index contributed by atoms with van der Waals surface area (Å²) in [5.74, 6) is 0.549. The molecule has 0 aromatic rings. The monoisotopic (exact) mass is 356 g/mol. The van der Waals surface area contributed by atoms with Crippen LogP contribution in [0.4, 0.5) is 0 Å². The van der Waals surface area contributed by atoms with Gasteiger partial charge in [0.15, 0.2) is 0 Å². The van der Waals surface area contributed by atoms with Crippen molar-refractivity contribution in [3.8, 4) is 0 Å². The molecule has 0 radical (unpaired) electrons. The van der Waals surface area contributed by atoms with Crippen LogP contribution in [-0.4, -0.2) is 57.6 Å². The fourth-order valence-corrected chi connectivity index (χ4v) is 6.70. The largest absolute Gasteiger partial charge is 0.396 e. The summed E-state index contributed by atoms with van der Waals surface area (Å²) >= 11 is 0. The van der Waals surface area contributed by atoms with E-state index in [9.17, 15) is 20.4 Å². The lowest BCUT2D eigenvalue weighted by Gasteiger charge is -2.65. The summed E-state index contributed by atoms with van der Waals surface area (Å²) in [6, 6.07) is 0. The second kappa shape index (κ2) is 6.45. The average Bonchev–Trinajstić information content (AvgIpc) is 2.99. The predicted molar refractivity (Wildman–Crippen MR) is 95.0 cm³/mol. The third-order valence-corrected chi connectivity index (χ3v) is 8.46. The first kappa shape index (κ1) is 19.6. The van der Waals surface area contributed by atoms with Crippen molar-refractivity contribution in [2.75, 3.05) is 19.8 Å². The molecule has 7 atom stereocenters. The van der Waals surface area contributed by atoms with E-state index in [0.717, 1.165) is 32.1 Å². The average molecular weight is 357 g/mol. The first-order chi connectivity index (χ1) is 11.7. The summed E-state index contributed by atoms with van der Waals surface area (Å²) in [5, 5.41) is 40.2. The molecule has 2 aliphatic carbocycles. The molecular formula is C20H36O5. The standard InChI is InChI=1S/C20H36O5/c1-14-4-5-15-17(2,12-22)16(24)6-7-18(15,3)20(14)9-8-19(13-23,25-20)10-11-21/h14-16,21-24H,4-13H2,1-3H3/t14-,15-,16-,17+,18+,19-,20-/m1/s1. The Bertz CT molecular complexity index is 498. The van der Waals surface area contributed by atoms with Crippen LogP contribution < -0.4 is 0 Å². The number of hydrogen-bond donors (Lipinski definition) is 4. The molecule has 0 unspecified atom stereocenters. The summed E-state index contributed by atoms with van der Waals surface area (Å²) in [5.41, 5.74) is -1.66. The minimum atomic E-state index is -0.653. The molecule has 3 rings (SSSR count). The second-order valence-electron chi connectivity index (χ2n) is 9.47. The number of ether oxygens (including phenoxy) is 1. The van der Waals surface area contributed by atoms with Crippen molar-refractivity contribution in [2.24, 2.45) is 22.7 Å². The van der Waals surface area contributed by atoms with E-state index < -0.39 is 17.1 Å². The highest BCUT2D eigenvalue weighted by Gasteiger charge is 2.68. The highest BCUT2D eigenvalue weighted by Crippen LogP contribution is 2.67. The molecule has 1 saturated heterocycles. The minimum absolute atomic E-state index is 0.0121. The van der Waals surface area contributed by atoms with Crippen LogP contribution in [0, 0.1) is 22.7 Å². The van der Waals surface area contributed by atoms with Gasteiger partial charge in [0, 0.05) is 23.9 Å². The van der Waals surface area contributed by atoms with Crippen LogP contribution in [0.2, 0.25) is 0 Å². The van der Waals surface area contributed by atoms with Gasteiger partial charge in [0.2, 0.25) is 0 Å². The van der Waals surface area contributed by atoms with E-state index in [1.54, 1.807) is 0 Å². The minimum Gasteiger partial charge on any atom is -0.396 e. The lowest BCUT2D eigenvalue weighted by molar-refractivity contribution is -0.272. The maximum Gasteiger partial charge on any atom is 0.0942 e. The van der Waals surface area contributed by atoms with Gasteiger partial charge in [0.1, 0.15) is 0 Å². The summed E-state index contributed by atoms with van der Waals surface area (Å²) in [6.07, 6.45) is 5.15. The highest BCUT2D eigenvalue weighted by molar-refractivity contribution is 5.17. The van der Waals surface area contributed by atoms with E-state index in [2.05, 4.69) is 13.8 Å². The van der Waals surface area contributed by atoms with E-state index in [1.165, 1.54) is 0 Å². The van der Waals surface area contributed by atoms with Gasteiger partial charge >= 0.3 is 0 Å². The number of aliphatic hydroxyl groups is 4. The third-order valence-electron chi connectivity index (χ3n) is 8.46. The van der Waals surface area contributed by atoms with Crippen molar-refractivity contribution in [3.05, 3.63) is 0 Å². The summed E-state index contributed by atoms with van der Waals surface area (Å²) in [4.78, 5) is 0. The Kier molecular flexibility index (Phi) is 5.05. The van der Waals surface area contributed by atoms with E-state index in [-0.39, 0.29) is 36.8 Å². The fourth-order valence-electron chi connectivity index (χ4n) is 6.70. The number of fused-ring (bicyclic) bond motifs is 2. The molecule has 4 N–H and O–H groups in total. The van der Waals surface area contributed by atoms with Crippen LogP contribution in [0.3, 0.4) is 0 Å². The van der Waals surface area contributed by atoms with Crippen molar-refractivity contribution in [1.82, 2.24) is 0 Å². The zero-order valence-electron chi connectivity index (χ0n) is 16.0. The molecule has 146 valence electrons. The Morgan fingerprint density at radius 1 is 0.960 bits per heavy atom. The zero-order chi connectivity index (χ0) is 18.5. The van der Waals surface area contributed by atoms with Crippen molar-refractivity contribution < 1.29 is 25.2 Å². The smallest absolute Gasteiger partial charge is 0.0942 e. The van der Waals surface area contributed by atoms with E-state index in [0.29, 0.717) is 18.8 Å². The summed E-state index contributed by atoms with van der Waals surface area (Å²) in [6.45, 7) is 6.47. The Hall–Kier alpha value is -0.200. The van der Waals surface area contributed by atoms with Crippen molar-refractivity contribution >= 4 is 0 Å². The molecule has 5 heteroatoms. The molecule has 3 aliphatic rings. The highest BCUT2D eigenvalue weighted by atomic mass is 16.5. The van der Waals surface area contributed by atoms with Gasteiger partial charge in [0.05, 0.1) is 30.5 Å². The quantitative estimate of drug-likeness (QED) is 0.617. The van der Waals surface area contributed by atoms with Crippen LogP contribution >= 0.6 is 0 Å². The molecule has 3 fully saturated rings. The van der Waals surface area contributed by atoms with Gasteiger partial charge < -0.3 is 25.2 Å². The molecule has 0 bridgehead atoms. The second-order valence-corrected chi connectivity index (χ2v) is 9.47. The normalized spacial score (nSPS) is 53.2. The summed E-state index contributed by atoms with van der Waals surface area (Å²) < 4.78 is 6.75. The number of rotatable bonds is 4. The maximum absolute atomic E-state index is 10.6. The molecule has 1 aliphatic heterocycles. The molecule has 0 aromatic heterocycles. The van der Waals surface area contributed by atoms with Gasteiger partial charge in [-0.1, -0.05) is 20.8 Å². The Morgan fingerprint density at radius 2 is 1.68 bits per heavy atom. The van der Waals surface area contributed by atoms with Gasteiger partial charge in [-0.05, 0) is 50.4 Å². The Morgan fingerprint density at radius 3 is 2.28 bits per heavy atom. The molecular weight excluding hydrogens is 320 g/mol. The molecule has 0 amide bonds. The van der Waals surface area contributed by atoms with Crippen LogP contribution in [0.25, 0.3) is 0 Å². The lowest BCUT2D eigenvalue weighted by atomic mass is 9.43. The number of aliphatic hydroxyl groups excluding tert-OH is 4. The first-order valence-corrected chi connectivity index (χ1v) is 9.94. The van der Waals surface area contributed by atoms with Gasteiger partial charge in [0.25, 0.3) is 0 Å². The molecule has 25 heavy (non-hydrogen) atoms. The lowest BCUT2D eigenvalue weighted by Crippen LogP contribution is -2.66. The van der Waals surface area contributed by atoms with Crippen molar-refractivity contribution in [2.45, 2.75) is 83.0 Å². The SMILES string of the molecule is C[C@@H]1CC[C@@H]2[C@](C)(CO)[C@H](O)CC[C@]2(C)[C@@]12CC[C@](CO)(CCO)O2. The topological polar surface area (TPSA) is 90.2 Å². The van der Waals surface area contributed by atoms with E-state index in [4.69, 9.17) is 4.74 Å². The van der Waals surface area contributed by atoms with E-state index >= 15 is 0 Å². The van der Waals surface area contributed by atoms with Gasteiger partial charge in [-0.25, -0.2) is 0 Å². The van der Waals surface area contributed by atoms with Gasteiger partial charge in [-0.3, -0.25) is 0 Å². The van der Waals surface area contributed by atoms with E-state index in [1.807, 2.05) is 6.92 Å². The van der Waals surface area contributed by atoms with Crippen LogP contribution in [0.1, 0.15) is 65.7 Å².